The van der Waals surface area contributed by atoms with Crippen LogP contribution in [0.1, 0.15) is 5.56 Å². The van der Waals surface area contributed by atoms with E-state index in [0.29, 0.717) is 12.0 Å². The predicted octanol–water partition coefficient (Wildman–Crippen LogP) is 1.93. The van der Waals surface area contributed by atoms with Crippen LogP contribution in [-0.4, -0.2) is 24.1 Å². The minimum atomic E-state index is -0.691. The van der Waals surface area contributed by atoms with Crippen molar-refractivity contribution in [2.24, 2.45) is 5.73 Å². The van der Waals surface area contributed by atoms with Crippen molar-refractivity contribution in [1.29, 1.82) is 0 Å². The standard InChI is InChI=1S/C15H15FN2O2/c1-20-15(19)14(17)8-10-2-4-11(5-3-10)12-6-7-18-9-13(12)16/h2-7,9,14H,8,17H2,1H3. The van der Waals surface area contributed by atoms with Crippen LogP contribution in [-0.2, 0) is 16.0 Å². The molecule has 5 heteroatoms. The minimum Gasteiger partial charge on any atom is -0.468 e. The third-order valence-electron chi connectivity index (χ3n) is 3.00. The number of benzene rings is 1. The number of carbonyl (C=O) groups excluding carboxylic acids is 1. The average Bonchev–Trinajstić information content (AvgIpc) is 2.48. The summed E-state index contributed by atoms with van der Waals surface area (Å²) in [4.78, 5) is 15.0. The Morgan fingerprint density at radius 1 is 1.35 bits per heavy atom. The average molecular weight is 274 g/mol. The molecule has 0 spiro atoms. The van der Waals surface area contributed by atoms with Gasteiger partial charge in [0.1, 0.15) is 11.9 Å². The zero-order chi connectivity index (χ0) is 14.5. The van der Waals surface area contributed by atoms with Gasteiger partial charge in [-0.25, -0.2) is 4.39 Å². The summed E-state index contributed by atoms with van der Waals surface area (Å²) in [7, 11) is 1.30. The smallest absolute Gasteiger partial charge is 0.322 e. The fourth-order valence-electron chi connectivity index (χ4n) is 1.92. The molecule has 0 radical (unpaired) electrons. The molecule has 4 nitrogen and oxygen atoms in total. The summed E-state index contributed by atoms with van der Waals surface area (Å²) in [6, 6.07) is 8.14. The van der Waals surface area contributed by atoms with E-state index in [1.165, 1.54) is 13.3 Å². The number of esters is 1. The molecule has 104 valence electrons. The highest BCUT2D eigenvalue weighted by Crippen LogP contribution is 2.22. The molecule has 1 aromatic carbocycles. The third-order valence-corrected chi connectivity index (χ3v) is 3.00. The zero-order valence-electron chi connectivity index (χ0n) is 11.0. The molecule has 20 heavy (non-hydrogen) atoms. The molecule has 0 aliphatic heterocycles. The highest BCUT2D eigenvalue weighted by molar-refractivity contribution is 5.75. The number of hydrogen-bond donors (Lipinski definition) is 1. The van der Waals surface area contributed by atoms with E-state index in [1.54, 1.807) is 24.4 Å². The molecule has 2 N–H and O–H groups in total. The Bertz CT molecular complexity index is 599. The van der Waals surface area contributed by atoms with Crippen LogP contribution in [0.15, 0.2) is 42.7 Å². The summed E-state index contributed by atoms with van der Waals surface area (Å²) >= 11 is 0. The number of carbonyl (C=O) groups is 1. The van der Waals surface area contributed by atoms with Gasteiger partial charge in [-0.05, 0) is 23.6 Å². The largest absolute Gasteiger partial charge is 0.468 e. The van der Waals surface area contributed by atoms with Crippen LogP contribution in [0, 0.1) is 5.82 Å². The van der Waals surface area contributed by atoms with Crippen LogP contribution < -0.4 is 5.73 Å². The van der Waals surface area contributed by atoms with Gasteiger partial charge in [0.05, 0.1) is 13.3 Å². The van der Waals surface area contributed by atoms with Crippen LogP contribution in [0.4, 0.5) is 4.39 Å². The number of pyridine rings is 1. The van der Waals surface area contributed by atoms with E-state index in [4.69, 9.17) is 5.73 Å². The lowest BCUT2D eigenvalue weighted by molar-refractivity contribution is -0.142. The first kappa shape index (κ1) is 14.1. The van der Waals surface area contributed by atoms with Gasteiger partial charge in [-0.2, -0.15) is 0 Å². The summed E-state index contributed by atoms with van der Waals surface area (Å²) in [5.74, 6) is -0.819. The SMILES string of the molecule is COC(=O)C(N)Cc1ccc(-c2ccncc2F)cc1. The number of nitrogens with two attached hydrogens (primary N) is 1. The van der Waals surface area contributed by atoms with Gasteiger partial charge < -0.3 is 10.5 Å². The first-order chi connectivity index (χ1) is 9.61. The number of hydrogen-bond acceptors (Lipinski definition) is 4. The van der Waals surface area contributed by atoms with Gasteiger partial charge in [0.15, 0.2) is 0 Å². The first-order valence-corrected chi connectivity index (χ1v) is 6.14. The maximum Gasteiger partial charge on any atom is 0.322 e. The molecular weight excluding hydrogens is 259 g/mol. The molecule has 2 aromatic rings. The molecule has 0 saturated heterocycles. The van der Waals surface area contributed by atoms with E-state index in [1.807, 2.05) is 12.1 Å². The Kier molecular flexibility index (Phi) is 4.42. The molecule has 0 fully saturated rings. The number of methoxy groups -OCH3 is 1. The topological polar surface area (TPSA) is 65.2 Å². The second-order valence-corrected chi connectivity index (χ2v) is 4.39. The maximum atomic E-state index is 13.6. The third kappa shape index (κ3) is 3.19. The first-order valence-electron chi connectivity index (χ1n) is 6.14. The van der Waals surface area contributed by atoms with Gasteiger partial charge >= 0.3 is 5.97 Å². The summed E-state index contributed by atoms with van der Waals surface area (Å²) in [5, 5.41) is 0. The Balaban J connectivity index is 2.15. The quantitative estimate of drug-likeness (QED) is 0.865. The van der Waals surface area contributed by atoms with E-state index in [2.05, 4.69) is 9.72 Å². The monoisotopic (exact) mass is 274 g/mol. The van der Waals surface area contributed by atoms with Crippen molar-refractivity contribution in [2.45, 2.75) is 12.5 Å². The fourth-order valence-corrected chi connectivity index (χ4v) is 1.92. The van der Waals surface area contributed by atoms with Crippen LogP contribution >= 0.6 is 0 Å². The minimum absolute atomic E-state index is 0.369. The Morgan fingerprint density at radius 2 is 2.05 bits per heavy atom. The lowest BCUT2D eigenvalue weighted by Crippen LogP contribution is -2.33. The second-order valence-electron chi connectivity index (χ2n) is 4.39. The number of nitrogens with zero attached hydrogens (tertiary/aromatic N) is 1. The fraction of sp³-hybridized carbons (Fsp3) is 0.200. The Labute approximate surface area is 116 Å². The predicted molar refractivity (Wildman–Crippen MR) is 73.3 cm³/mol. The van der Waals surface area contributed by atoms with Crippen molar-refractivity contribution in [3.05, 3.63) is 54.1 Å². The van der Waals surface area contributed by atoms with Gasteiger partial charge in [-0.15, -0.1) is 0 Å². The van der Waals surface area contributed by atoms with Crippen molar-refractivity contribution < 1.29 is 13.9 Å². The van der Waals surface area contributed by atoms with E-state index in [0.717, 1.165) is 11.1 Å². The molecule has 1 aromatic heterocycles. The second kappa shape index (κ2) is 6.25. The lowest BCUT2D eigenvalue weighted by atomic mass is 10.0. The summed E-state index contributed by atoms with van der Waals surface area (Å²) < 4.78 is 18.2. The molecule has 0 bridgehead atoms. The van der Waals surface area contributed by atoms with Gasteiger partial charge in [0, 0.05) is 11.8 Å². The number of ether oxygens (including phenoxy) is 1. The van der Waals surface area contributed by atoms with Crippen LogP contribution in [0.25, 0.3) is 11.1 Å². The normalized spacial score (nSPS) is 11.9. The Hall–Kier alpha value is -2.27. The molecule has 2 rings (SSSR count). The number of halogens is 1. The molecule has 0 aliphatic carbocycles. The van der Waals surface area contributed by atoms with E-state index >= 15 is 0 Å². The summed E-state index contributed by atoms with van der Waals surface area (Å²) in [5.41, 5.74) is 7.82. The van der Waals surface area contributed by atoms with Crippen molar-refractivity contribution in [2.75, 3.05) is 7.11 Å². The number of aromatic nitrogens is 1. The van der Waals surface area contributed by atoms with E-state index in [-0.39, 0.29) is 5.82 Å². The van der Waals surface area contributed by atoms with E-state index in [9.17, 15) is 9.18 Å². The molecular formula is C15H15FN2O2. The Morgan fingerprint density at radius 3 is 2.65 bits per heavy atom. The molecule has 0 aliphatic rings. The van der Waals surface area contributed by atoms with Gasteiger partial charge in [-0.1, -0.05) is 24.3 Å². The summed E-state index contributed by atoms with van der Waals surface area (Å²) in [6.45, 7) is 0. The van der Waals surface area contributed by atoms with Gasteiger partial charge in [-0.3, -0.25) is 9.78 Å². The molecule has 0 saturated carbocycles. The van der Waals surface area contributed by atoms with E-state index < -0.39 is 12.0 Å². The molecule has 1 heterocycles. The summed E-state index contributed by atoms with van der Waals surface area (Å²) in [6.07, 6.45) is 3.10. The van der Waals surface area contributed by atoms with Crippen molar-refractivity contribution in [3.63, 3.8) is 0 Å². The van der Waals surface area contributed by atoms with Crippen LogP contribution in [0.3, 0.4) is 0 Å². The zero-order valence-corrected chi connectivity index (χ0v) is 11.0. The highest BCUT2D eigenvalue weighted by Gasteiger charge is 2.14. The molecule has 0 amide bonds. The van der Waals surface area contributed by atoms with Crippen molar-refractivity contribution in [1.82, 2.24) is 4.98 Å². The highest BCUT2D eigenvalue weighted by atomic mass is 19.1. The van der Waals surface area contributed by atoms with Crippen molar-refractivity contribution in [3.8, 4) is 11.1 Å². The van der Waals surface area contributed by atoms with Gasteiger partial charge in [0.25, 0.3) is 0 Å². The van der Waals surface area contributed by atoms with Gasteiger partial charge in [0.2, 0.25) is 0 Å². The molecule has 1 atom stereocenters. The van der Waals surface area contributed by atoms with Crippen LogP contribution in [0.5, 0.6) is 0 Å². The lowest BCUT2D eigenvalue weighted by Gasteiger charge is -2.10. The molecule has 1 unspecified atom stereocenters. The number of rotatable bonds is 4. The maximum absolute atomic E-state index is 13.6. The van der Waals surface area contributed by atoms with Crippen molar-refractivity contribution >= 4 is 5.97 Å². The van der Waals surface area contributed by atoms with Crippen LogP contribution in [0.2, 0.25) is 0 Å².